The molecule has 4 aliphatic heterocycles. The molecule has 4 saturated heterocycles. The van der Waals surface area contributed by atoms with Gasteiger partial charge in [0.25, 0.3) is 0 Å². The molecule has 0 spiro atoms. The molecule has 4 fully saturated rings. The normalized spacial score (nSPS) is 31.2. The van der Waals surface area contributed by atoms with Crippen LogP contribution in [0.2, 0.25) is 0 Å². The zero-order valence-corrected chi connectivity index (χ0v) is 24.3. The first-order chi connectivity index (χ1) is 18.6. The smallest absolute Gasteiger partial charge is 0.328 e. The lowest BCUT2D eigenvalue weighted by atomic mass is 9.83. The number of likely N-dealkylation sites (tertiary alicyclic amines) is 3. The van der Waals surface area contributed by atoms with Crippen LogP contribution in [-0.2, 0) is 28.6 Å². The summed E-state index contributed by atoms with van der Waals surface area (Å²) >= 11 is 0. The average molecular weight is 552 g/mol. The molecule has 2 amide bonds. The van der Waals surface area contributed by atoms with Crippen LogP contribution in [0.3, 0.4) is 0 Å². The first-order valence-corrected chi connectivity index (χ1v) is 15.0. The van der Waals surface area contributed by atoms with Gasteiger partial charge in [-0.1, -0.05) is 20.8 Å². The van der Waals surface area contributed by atoms with Crippen LogP contribution < -0.4 is 0 Å². The molecule has 4 rings (SSSR count). The van der Waals surface area contributed by atoms with E-state index in [1.54, 1.807) is 4.90 Å². The number of aliphatic hydroxyl groups is 1. The summed E-state index contributed by atoms with van der Waals surface area (Å²) in [6.07, 6.45) is 7.57. The topological polar surface area (TPSA) is 109 Å². The summed E-state index contributed by atoms with van der Waals surface area (Å²) in [6, 6.07) is -1.23. The number of amides is 2. The maximum absolute atomic E-state index is 14.3. The molecular weight excluding hydrogens is 502 g/mol. The van der Waals surface area contributed by atoms with Crippen LogP contribution in [-0.4, -0.2) is 114 Å². The summed E-state index contributed by atoms with van der Waals surface area (Å²) in [5.74, 6) is -0.673. The lowest BCUT2D eigenvalue weighted by Gasteiger charge is -2.42. The molecule has 0 bridgehead atoms. The Morgan fingerprint density at radius 2 is 1.92 bits per heavy atom. The minimum absolute atomic E-state index is 0.0000900. The zero-order valence-electron chi connectivity index (χ0n) is 24.3. The molecule has 222 valence electrons. The first-order valence-electron chi connectivity index (χ1n) is 15.0. The number of hydrogen-bond acceptors (Lipinski definition) is 8. The molecule has 4 heterocycles. The Morgan fingerprint density at radius 1 is 1.13 bits per heavy atom. The molecule has 0 aliphatic carbocycles. The van der Waals surface area contributed by atoms with Crippen LogP contribution in [0.15, 0.2) is 0 Å². The van der Waals surface area contributed by atoms with E-state index in [9.17, 15) is 19.5 Å². The largest absolute Gasteiger partial charge is 0.467 e. The molecule has 0 aromatic heterocycles. The summed E-state index contributed by atoms with van der Waals surface area (Å²) in [6.45, 7) is 8.96. The number of carbonyl (C=O) groups is 3. The standard InChI is InChI=1S/C29H49N3O7/c1-29(2,3)26(32-20(12-13-24(32)34)9-7-14-30-15-8-10-21(30)19-33)27(35)31-18-22(17-23(31)28(36)37-4)39-25-11-5-6-16-38-25/h20-23,25-26,33H,5-19H2,1-4H3/t20?,21-,22+,23-,25?,26+/m0/s1. The highest BCUT2D eigenvalue weighted by atomic mass is 16.7. The number of ether oxygens (including phenoxy) is 3. The zero-order chi connectivity index (χ0) is 28.2. The van der Waals surface area contributed by atoms with Crippen LogP contribution >= 0.6 is 0 Å². The van der Waals surface area contributed by atoms with Crippen molar-refractivity contribution in [2.24, 2.45) is 5.41 Å². The highest BCUT2D eigenvalue weighted by Crippen LogP contribution is 2.36. The van der Waals surface area contributed by atoms with E-state index in [2.05, 4.69) is 4.90 Å². The van der Waals surface area contributed by atoms with Gasteiger partial charge in [-0.15, -0.1) is 0 Å². The van der Waals surface area contributed by atoms with Gasteiger partial charge in [0.2, 0.25) is 11.8 Å². The highest BCUT2D eigenvalue weighted by Gasteiger charge is 2.51. The Labute approximate surface area is 233 Å². The summed E-state index contributed by atoms with van der Waals surface area (Å²) in [7, 11) is 1.34. The summed E-state index contributed by atoms with van der Waals surface area (Å²) in [5.41, 5.74) is -0.529. The van der Waals surface area contributed by atoms with Crippen molar-refractivity contribution in [1.29, 1.82) is 0 Å². The number of nitrogens with zero attached hydrogens (tertiary/aromatic N) is 3. The van der Waals surface area contributed by atoms with Gasteiger partial charge in [-0.25, -0.2) is 4.79 Å². The van der Waals surface area contributed by atoms with E-state index in [0.29, 0.717) is 19.4 Å². The molecule has 0 aromatic carbocycles. The fourth-order valence-corrected chi connectivity index (χ4v) is 6.92. The predicted octanol–water partition coefficient (Wildman–Crippen LogP) is 2.31. The van der Waals surface area contributed by atoms with E-state index in [1.807, 2.05) is 25.7 Å². The van der Waals surface area contributed by atoms with Crippen LogP contribution in [0.5, 0.6) is 0 Å². The number of esters is 1. The maximum Gasteiger partial charge on any atom is 0.328 e. The van der Waals surface area contributed by atoms with Crippen LogP contribution in [0.1, 0.15) is 85.0 Å². The van der Waals surface area contributed by atoms with Gasteiger partial charge in [0, 0.05) is 38.1 Å². The lowest BCUT2D eigenvalue weighted by molar-refractivity contribution is -0.185. The van der Waals surface area contributed by atoms with E-state index >= 15 is 0 Å². The molecular formula is C29H49N3O7. The highest BCUT2D eigenvalue weighted by molar-refractivity contribution is 5.92. The minimum atomic E-state index is -0.748. The number of methoxy groups -OCH3 is 1. The number of aliphatic hydroxyl groups excluding tert-OH is 1. The SMILES string of the molecule is COC(=O)[C@@H]1C[C@@H](OC2CCCCO2)CN1C(=O)[C@@H](N1C(=O)CCC1CCCN1CCC[C@H]1CO)C(C)(C)C. The molecule has 0 saturated carbocycles. The van der Waals surface area contributed by atoms with Gasteiger partial charge >= 0.3 is 5.97 Å². The minimum Gasteiger partial charge on any atom is -0.467 e. The molecule has 10 nitrogen and oxygen atoms in total. The van der Waals surface area contributed by atoms with Gasteiger partial charge in [-0.2, -0.15) is 0 Å². The van der Waals surface area contributed by atoms with Crippen molar-refractivity contribution in [3.05, 3.63) is 0 Å². The van der Waals surface area contributed by atoms with Crippen LogP contribution in [0.4, 0.5) is 0 Å². The third-order valence-electron chi connectivity index (χ3n) is 8.90. The number of carbonyl (C=O) groups excluding carboxylic acids is 3. The van der Waals surface area contributed by atoms with Crippen molar-refractivity contribution in [3.63, 3.8) is 0 Å². The Bertz CT molecular complexity index is 856. The van der Waals surface area contributed by atoms with Crippen molar-refractivity contribution >= 4 is 17.8 Å². The number of hydrogen-bond donors (Lipinski definition) is 1. The van der Waals surface area contributed by atoms with Gasteiger partial charge in [-0.3, -0.25) is 14.5 Å². The van der Waals surface area contributed by atoms with E-state index in [4.69, 9.17) is 14.2 Å². The summed E-state index contributed by atoms with van der Waals surface area (Å²) < 4.78 is 17.0. The van der Waals surface area contributed by atoms with Crippen molar-refractivity contribution in [2.75, 3.05) is 40.0 Å². The Kier molecular flexibility index (Phi) is 10.3. The van der Waals surface area contributed by atoms with Gasteiger partial charge in [0.05, 0.1) is 19.8 Å². The quantitative estimate of drug-likeness (QED) is 0.412. The van der Waals surface area contributed by atoms with Crippen LogP contribution in [0.25, 0.3) is 0 Å². The van der Waals surface area contributed by atoms with Crippen molar-refractivity contribution in [1.82, 2.24) is 14.7 Å². The molecule has 10 heteroatoms. The van der Waals surface area contributed by atoms with Gasteiger partial charge in [0.1, 0.15) is 12.1 Å². The average Bonchev–Trinajstić information content (AvgIpc) is 3.63. The summed E-state index contributed by atoms with van der Waals surface area (Å²) in [4.78, 5) is 46.1. The molecule has 2 unspecified atom stereocenters. The van der Waals surface area contributed by atoms with Gasteiger partial charge in [-0.05, 0) is 69.9 Å². The van der Waals surface area contributed by atoms with E-state index in [0.717, 1.165) is 64.5 Å². The molecule has 0 radical (unpaired) electrons. The number of rotatable bonds is 10. The monoisotopic (exact) mass is 551 g/mol. The molecule has 0 aromatic rings. The second-order valence-electron chi connectivity index (χ2n) is 12.7. The van der Waals surface area contributed by atoms with Crippen molar-refractivity contribution in [3.8, 4) is 0 Å². The lowest BCUT2D eigenvalue weighted by Crippen LogP contribution is -2.59. The van der Waals surface area contributed by atoms with Gasteiger partial charge < -0.3 is 29.1 Å². The third-order valence-corrected chi connectivity index (χ3v) is 8.90. The second kappa shape index (κ2) is 13.3. The predicted molar refractivity (Wildman–Crippen MR) is 145 cm³/mol. The maximum atomic E-state index is 14.3. The van der Waals surface area contributed by atoms with E-state index in [-0.39, 0.29) is 49.4 Å². The fraction of sp³-hybridized carbons (Fsp3) is 0.897. The van der Waals surface area contributed by atoms with E-state index < -0.39 is 23.5 Å². The Hall–Kier alpha value is -1.75. The Balaban J connectivity index is 1.48. The molecule has 1 N–H and O–H groups in total. The van der Waals surface area contributed by atoms with Crippen molar-refractivity contribution in [2.45, 2.75) is 122 Å². The van der Waals surface area contributed by atoms with Crippen molar-refractivity contribution < 1.29 is 33.7 Å². The first kappa shape index (κ1) is 30.2. The second-order valence-corrected chi connectivity index (χ2v) is 12.7. The molecule has 6 atom stereocenters. The molecule has 39 heavy (non-hydrogen) atoms. The Morgan fingerprint density at radius 3 is 2.59 bits per heavy atom. The third kappa shape index (κ3) is 7.13. The fourth-order valence-electron chi connectivity index (χ4n) is 6.92. The van der Waals surface area contributed by atoms with Gasteiger partial charge in [0.15, 0.2) is 6.29 Å². The summed E-state index contributed by atoms with van der Waals surface area (Å²) in [5, 5.41) is 9.65. The van der Waals surface area contributed by atoms with Crippen LogP contribution in [0, 0.1) is 5.41 Å². The van der Waals surface area contributed by atoms with E-state index in [1.165, 1.54) is 7.11 Å². The molecule has 4 aliphatic rings.